The minimum Gasteiger partial charge on any atom is -0.204 e. The molecule has 0 spiro atoms. The molecule has 0 aromatic heterocycles. The molecule has 0 bridgehead atoms. The molecule has 0 saturated carbocycles. The molecule has 0 amide bonds. The molecule has 0 nitrogen and oxygen atoms in total. The Balaban J connectivity index is 2.39. The lowest BCUT2D eigenvalue weighted by atomic mass is 10.1. The van der Waals surface area contributed by atoms with Crippen LogP contribution in [0.2, 0.25) is 0 Å². The fourth-order valence-corrected chi connectivity index (χ4v) is 1.63. The molecule has 92 valence electrons. The van der Waals surface area contributed by atoms with E-state index in [1.807, 2.05) is 30.3 Å². The second kappa shape index (κ2) is 5.08. The van der Waals surface area contributed by atoms with Crippen LogP contribution in [0.1, 0.15) is 16.7 Å². The zero-order valence-corrected chi connectivity index (χ0v) is 9.75. The summed E-state index contributed by atoms with van der Waals surface area (Å²) in [5, 5.41) is 0. The van der Waals surface area contributed by atoms with Gasteiger partial charge in [0.15, 0.2) is 17.5 Å². The summed E-state index contributed by atoms with van der Waals surface area (Å²) in [5.74, 6) is -3.74. The highest BCUT2D eigenvalue weighted by Crippen LogP contribution is 2.21. The summed E-state index contributed by atoms with van der Waals surface area (Å²) in [6.45, 7) is 1.42. The molecule has 18 heavy (non-hydrogen) atoms. The van der Waals surface area contributed by atoms with Crippen molar-refractivity contribution in [1.82, 2.24) is 0 Å². The maximum absolute atomic E-state index is 13.3. The first-order chi connectivity index (χ1) is 8.59. The van der Waals surface area contributed by atoms with Crippen molar-refractivity contribution in [1.29, 1.82) is 0 Å². The highest BCUT2D eigenvalue weighted by molar-refractivity contribution is 5.71. The predicted octanol–water partition coefficient (Wildman–Crippen LogP) is 4.58. The Labute approximate surface area is 103 Å². The zero-order valence-electron chi connectivity index (χ0n) is 9.75. The number of hydrogen-bond donors (Lipinski definition) is 0. The average molecular weight is 248 g/mol. The Morgan fingerprint density at radius 1 is 0.889 bits per heavy atom. The van der Waals surface area contributed by atoms with Gasteiger partial charge in [-0.2, -0.15) is 0 Å². The van der Waals surface area contributed by atoms with Gasteiger partial charge in [0.1, 0.15) is 0 Å². The number of benzene rings is 2. The van der Waals surface area contributed by atoms with Crippen LogP contribution in [0.5, 0.6) is 0 Å². The van der Waals surface area contributed by atoms with Gasteiger partial charge in [0.25, 0.3) is 0 Å². The summed E-state index contributed by atoms with van der Waals surface area (Å²) in [4.78, 5) is 0. The monoisotopic (exact) mass is 248 g/mol. The van der Waals surface area contributed by atoms with Crippen LogP contribution in [0.25, 0.3) is 12.2 Å². The summed E-state index contributed by atoms with van der Waals surface area (Å²) in [6, 6.07) is 10.3. The number of rotatable bonds is 2. The lowest BCUT2D eigenvalue weighted by Gasteiger charge is -2.04. The van der Waals surface area contributed by atoms with Crippen LogP contribution in [0.15, 0.2) is 36.4 Å². The van der Waals surface area contributed by atoms with E-state index in [-0.39, 0.29) is 5.56 Å². The molecular weight excluding hydrogens is 237 g/mol. The smallest absolute Gasteiger partial charge is 0.194 e. The van der Waals surface area contributed by atoms with Gasteiger partial charge in [-0.3, -0.25) is 0 Å². The van der Waals surface area contributed by atoms with E-state index < -0.39 is 17.5 Å². The lowest BCUT2D eigenvalue weighted by Crippen LogP contribution is -1.96. The van der Waals surface area contributed by atoms with Crippen molar-refractivity contribution in [2.75, 3.05) is 0 Å². The Morgan fingerprint density at radius 3 is 2.22 bits per heavy atom. The first-order valence-corrected chi connectivity index (χ1v) is 5.47. The topological polar surface area (TPSA) is 0 Å². The average Bonchev–Trinajstić information content (AvgIpc) is 2.40. The maximum Gasteiger partial charge on any atom is 0.194 e. The second-order valence-electron chi connectivity index (χ2n) is 3.94. The van der Waals surface area contributed by atoms with Crippen LogP contribution in [-0.2, 0) is 0 Å². The Kier molecular flexibility index (Phi) is 3.51. The van der Waals surface area contributed by atoms with Gasteiger partial charge >= 0.3 is 0 Å². The van der Waals surface area contributed by atoms with Gasteiger partial charge in [-0.1, -0.05) is 42.5 Å². The van der Waals surface area contributed by atoms with E-state index in [0.717, 1.165) is 11.6 Å². The molecule has 0 saturated heterocycles. The van der Waals surface area contributed by atoms with Crippen molar-refractivity contribution >= 4 is 12.2 Å². The molecule has 2 aromatic carbocycles. The fraction of sp³-hybridized carbons (Fsp3) is 0.0667. The molecule has 0 aliphatic rings. The van der Waals surface area contributed by atoms with E-state index in [4.69, 9.17) is 0 Å². The quantitative estimate of drug-likeness (QED) is 0.539. The third-order valence-electron chi connectivity index (χ3n) is 2.70. The molecule has 3 heteroatoms. The van der Waals surface area contributed by atoms with Crippen molar-refractivity contribution < 1.29 is 13.2 Å². The Morgan fingerprint density at radius 2 is 1.56 bits per heavy atom. The SMILES string of the molecule is Cc1c(C=Cc2ccccc2)cc(F)c(F)c1F. The van der Waals surface area contributed by atoms with E-state index in [1.54, 1.807) is 12.2 Å². The molecule has 2 rings (SSSR count). The van der Waals surface area contributed by atoms with Crippen LogP contribution >= 0.6 is 0 Å². The van der Waals surface area contributed by atoms with Gasteiger partial charge in [-0.25, -0.2) is 13.2 Å². The minimum absolute atomic E-state index is 0.0982. The second-order valence-corrected chi connectivity index (χ2v) is 3.94. The summed E-state index contributed by atoms with van der Waals surface area (Å²) < 4.78 is 39.4. The van der Waals surface area contributed by atoms with Crippen molar-refractivity contribution in [3.63, 3.8) is 0 Å². The molecule has 0 fully saturated rings. The third-order valence-corrected chi connectivity index (χ3v) is 2.70. The van der Waals surface area contributed by atoms with Crippen molar-refractivity contribution in [2.24, 2.45) is 0 Å². The van der Waals surface area contributed by atoms with Gasteiger partial charge in [0.05, 0.1) is 0 Å². The molecule has 0 unspecified atom stereocenters. The summed E-state index contributed by atoms with van der Waals surface area (Å²) >= 11 is 0. The van der Waals surface area contributed by atoms with Crippen molar-refractivity contribution in [2.45, 2.75) is 6.92 Å². The summed E-state index contributed by atoms with van der Waals surface area (Å²) in [6.07, 6.45) is 3.29. The van der Waals surface area contributed by atoms with Crippen LogP contribution in [0, 0.1) is 24.4 Å². The zero-order chi connectivity index (χ0) is 13.1. The molecule has 0 N–H and O–H groups in total. The van der Waals surface area contributed by atoms with Crippen molar-refractivity contribution in [3.8, 4) is 0 Å². The molecule has 0 aliphatic carbocycles. The normalized spacial score (nSPS) is 11.1. The predicted molar refractivity (Wildman–Crippen MR) is 66.4 cm³/mol. The number of hydrogen-bond acceptors (Lipinski definition) is 0. The summed E-state index contributed by atoms with van der Waals surface area (Å²) in [7, 11) is 0. The van der Waals surface area contributed by atoms with Gasteiger partial charge in [0, 0.05) is 0 Å². The Bertz CT molecular complexity index is 586. The standard InChI is InChI=1S/C15H11F3/c1-10-12(9-13(16)15(18)14(10)17)8-7-11-5-3-2-4-6-11/h2-9H,1H3. The Hall–Kier alpha value is -2.03. The maximum atomic E-state index is 13.3. The van der Waals surface area contributed by atoms with E-state index in [9.17, 15) is 13.2 Å². The van der Waals surface area contributed by atoms with Crippen LogP contribution in [0.4, 0.5) is 13.2 Å². The third kappa shape index (κ3) is 2.45. The highest BCUT2D eigenvalue weighted by Gasteiger charge is 2.13. The largest absolute Gasteiger partial charge is 0.204 e. The van der Waals surface area contributed by atoms with Gasteiger partial charge < -0.3 is 0 Å². The van der Waals surface area contributed by atoms with Crippen LogP contribution < -0.4 is 0 Å². The molecule has 0 radical (unpaired) electrons. The van der Waals surface area contributed by atoms with E-state index in [0.29, 0.717) is 5.56 Å². The molecule has 0 atom stereocenters. The van der Waals surface area contributed by atoms with Crippen molar-refractivity contribution in [3.05, 3.63) is 70.5 Å². The fourth-order valence-electron chi connectivity index (χ4n) is 1.63. The highest BCUT2D eigenvalue weighted by atomic mass is 19.2. The minimum atomic E-state index is -1.43. The molecular formula is C15H11F3. The van der Waals surface area contributed by atoms with Gasteiger partial charge in [-0.15, -0.1) is 0 Å². The lowest BCUT2D eigenvalue weighted by molar-refractivity contribution is 0.443. The molecule has 2 aromatic rings. The van der Waals surface area contributed by atoms with Gasteiger partial charge in [0.2, 0.25) is 0 Å². The van der Waals surface area contributed by atoms with E-state index in [2.05, 4.69) is 0 Å². The molecule has 0 heterocycles. The van der Waals surface area contributed by atoms with Crippen LogP contribution in [-0.4, -0.2) is 0 Å². The van der Waals surface area contributed by atoms with Crippen LogP contribution in [0.3, 0.4) is 0 Å². The van der Waals surface area contributed by atoms with E-state index in [1.165, 1.54) is 6.92 Å². The molecule has 0 aliphatic heterocycles. The first-order valence-electron chi connectivity index (χ1n) is 5.47. The van der Waals surface area contributed by atoms with Gasteiger partial charge in [-0.05, 0) is 29.7 Å². The summed E-state index contributed by atoms with van der Waals surface area (Å²) in [5.41, 5.74) is 1.33. The first kappa shape index (κ1) is 12.4. The van der Waals surface area contributed by atoms with E-state index >= 15 is 0 Å². The number of halogens is 3.